The summed E-state index contributed by atoms with van der Waals surface area (Å²) in [5, 5.41) is 2.68. The average Bonchev–Trinajstić information content (AvgIpc) is 3.45. The molecule has 1 unspecified atom stereocenters. The summed E-state index contributed by atoms with van der Waals surface area (Å²) in [6.45, 7) is 0.0270. The minimum atomic E-state index is -1.22. The van der Waals surface area contributed by atoms with Crippen molar-refractivity contribution in [3.63, 3.8) is 0 Å². The van der Waals surface area contributed by atoms with Crippen LogP contribution in [0.25, 0.3) is 0 Å². The topological polar surface area (TPSA) is 98.1 Å². The molecule has 0 aliphatic carbocycles. The third-order valence-electron chi connectivity index (χ3n) is 4.80. The number of nitrogens with zero attached hydrogens (tertiary/aromatic N) is 1. The number of anilines is 2. The van der Waals surface area contributed by atoms with Gasteiger partial charge in [0.25, 0.3) is 5.91 Å². The van der Waals surface area contributed by atoms with Gasteiger partial charge in [0.2, 0.25) is 12.6 Å². The number of benzene rings is 2. The lowest BCUT2D eigenvalue weighted by Crippen LogP contribution is -2.39. The van der Waals surface area contributed by atoms with Gasteiger partial charge >= 0.3 is 6.03 Å². The van der Waals surface area contributed by atoms with Gasteiger partial charge in [-0.1, -0.05) is 18.2 Å². The van der Waals surface area contributed by atoms with Crippen LogP contribution in [0.3, 0.4) is 0 Å². The van der Waals surface area contributed by atoms with E-state index in [-0.39, 0.29) is 18.2 Å². The van der Waals surface area contributed by atoms with Crippen LogP contribution in [0.1, 0.15) is 22.0 Å². The molecule has 8 nitrogen and oxygen atoms in total. The van der Waals surface area contributed by atoms with Gasteiger partial charge in [-0.15, -0.1) is 0 Å². The van der Waals surface area contributed by atoms with Crippen molar-refractivity contribution < 1.29 is 28.3 Å². The number of amides is 3. The second kappa shape index (κ2) is 6.52. The molecular weight excluding hydrogens is 376 g/mol. The van der Waals surface area contributed by atoms with E-state index < -0.39 is 23.6 Å². The maximum atomic E-state index is 13.2. The zero-order chi connectivity index (χ0) is 20.0. The van der Waals surface area contributed by atoms with E-state index in [1.54, 1.807) is 36.4 Å². The summed E-state index contributed by atoms with van der Waals surface area (Å²) < 4.78 is 15.9. The fraction of sp³-hybridized carbons (Fsp3) is 0.0952. The molecule has 2 aromatic carbocycles. The Labute approximate surface area is 164 Å². The zero-order valence-corrected chi connectivity index (χ0v) is 15.0. The van der Waals surface area contributed by atoms with Crippen molar-refractivity contribution in [3.8, 4) is 11.5 Å². The molecule has 1 N–H and O–H groups in total. The number of carbonyl (C=O) groups excluding carboxylic acids is 3. The minimum absolute atomic E-state index is 0.0270. The van der Waals surface area contributed by atoms with E-state index in [1.807, 2.05) is 6.07 Å². The van der Waals surface area contributed by atoms with Crippen molar-refractivity contribution >= 4 is 29.1 Å². The van der Waals surface area contributed by atoms with Gasteiger partial charge in [-0.05, 0) is 30.3 Å². The largest absolute Gasteiger partial charge is 0.461 e. The van der Waals surface area contributed by atoms with Crippen LogP contribution in [0, 0.1) is 0 Å². The summed E-state index contributed by atoms with van der Waals surface area (Å²) in [5.41, 5.74) is 1.16. The Morgan fingerprint density at radius 2 is 1.76 bits per heavy atom. The van der Waals surface area contributed by atoms with Crippen LogP contribution in [0.4, 0.5) is 16.2 Å². The fourth-order valence-corrected chi connectivity index (χ4v) is 3.48. The quantitative estimate of drug-likeness (QED) is 0.542. The molecule has 2 aliphatic heterocycles. The van der Waals surface area contributed by atoms with Gasteiger partial charge in [0, 0.05) is 17.3 Å². The van der Waals surface area contributed by atoms with Crippen molar-refractivity contribution in [1.29, 1.82) is 0 Å². The normalized spacial score (nSPS) is 16.6. The highest BCUT2D eigenvalue weighted by Crippen LogP contribution is 2.46. The van der Waals surface area contributed by atoms with Gasteiger partial charge in [-0.3, -0.25) is 9.59 Å². The van der Waals surface area contributed by atoms with Gasteiger partial charge in [0.15, 0.2) is 17.3 Å². The minimum Gasteiger partial charge on any atom is -0.461 e. The van der Waals surface area contributed by atoms with E-state index in [1.165, 1.54) is 18.4 Å². The number of imide groups is 1. The molecule has 3 aromatic rings. The predicted molar refractivity (Wildman–Crippen MR) is 101 cm³/mol. The molecule has 0 bridgehead atoms. The summed E-state index contributed by atoms with van der Waals surface area (Å²) in [4.78, 5) is 40.0. The van der Waals surface area contributed by atoms with E-state index in [9.17, 15) is 14.4 Å². The molecule has 8 heteroatoms. The molecule has 0 saturated carbocycles. The molecule has 0 spiro atoms. The van der Waals surface area contributed by atoms with E-state index in [0.29, 0.717) is 22.7 Å². The van der Waals surface area contributed by atoms with Crippen molar-refractivity contribution in [3.05, 3.63) is 72.2 Å². The first kappa shape index (κ1) is 17.1. The van der Waals surface area contributed by atoms with Gasteiger partial charge in [0.05, 0.1) is 12.0 Å². The Balaban J connectivity index is 1.57. The highest BCUT2D eigenvalue weighted by Gasteiger charge is 2.47. The Morgan fingerprint density at radius 1 is 1.00 bits per heavy atom. The third-order valence-corrected chi connectivity index (χ3v) is 4.80. The summed E-state index contributed by atoms with van der Waals surface area (Å²) in [6, 6.07) is 14.2. The zero-order valence-electron chi connectivity index (χ0n) is 15.0. The smallest absolute Gasteiger partial charge is 0.333 e. The van der Waals surface area contributed by atoms with Crippen LogP contribution in [0.5, 0.6) is 11.5 Å². The molecule has 144 valence electrons. The number of hydrogen-bond donors (Lipinski definition) is 1. The van der Waals surface area contributed by atoms with Gasteiger partial charge in [0.1, 0.15) is 5.92 Å². The fourth-order valence-electron chi connectivity index (χ4n) is 3.48. The summed E-state index contributed by atoms with van der Waals surface area (Å²) in [6.07, 6.45) is 1.35. The second-order valence-electron chi connectivity index (χ2n) is 6.51. The lowest BCUT2D eigenvalue weighted by atomic mass is 9.94. The molecule has 2 aliphatic rings. The Bertz CT molecular complexity index is 1120. The number of carbonyl (C=O) groups is 3. The van der Waals surface area contributed by atoms with Crippen LogP contribution in [0.15, 0.2) is 65.3 Å². The predicted octanol–water partition coefficient (Wildman–Crippen LogP) is 3.55. The van der Waals surface area contributed by atoms with Crippen LogP contribution in [0.2, 0.25) is 0 Å². The van der Waals surface area contributed by atoms with E-state index >= 15 is 0 Å². The number of hydrogen-bond acceptors (Lipinski definition) is 6. The number of ketones is 1. The average molecular weight is 390 g/mol. The molecule has 0 fully saturated rings. The SMILES string of the molecule is O=C(c1ccco1)C1C(=O)N(C(=O)Nc2ccccc2)c2cc3c(cc21)OCO3. The number of ether oxygens (including phenoxy) is 2. The highest BCUT2D eigenvalue weighted by atomic mass is 16.7. The van der Waals surface area contributed by atoms with E-state index in [4.69, 9.17) is 13.9 Å². The molecule has 1 aromatic heterocycles. The number of fused-ring (bicyclic) bond motifs is 2. The summed E-state index contributed by atoms with van der Waals surface area (Å²) in [7, 11) is 0. The monoisotopic (exact) mass is 390 g/mol. The number of para-hydroxylation sites is 1. The Kier molecular flexibility index (Phi) is 3.83. The standard InChI is InChI=1S/C21H14N2O6/c24-19(15-7-4-8-27-15)18-13-9-16-17(29-11-28-16)10-14(13)23(20(18)25)21(26)22-12-5-2-1-3-6-12/h1-10,18H,11H2,(H,22,26). The van der Waals surface area contributed by atoms with Crippen LogP contribution in [-0.4, -0.2) is 24.5 Å². The number of rotatable bonds is 3. The van der Waals surface area contributed by atoms with Gasteiger partial charge in [-0.2, -0.15) is 0 Å². The first-order valence-corrected chi connectivity index (χ1v) is 8.85. The Morgan fingerprint density at radius 3 is 2.48 bits per heavy atom. The number of nitrogens with one attached hydrogen (secondary N) is 1. The summed E-state index contributed by atoms with van der Waals surface area (Å²) in [5.74, 6) is -1.56. The number of urea groups is 1. The lowest BCUT2D eigenvalue weighted by molar-refractivity contribution is -0.117. The number of Topliss-reactive ketones (excluding diaryl/α,β-unsaturated/α-hetero) is 1. The first-order valence-electron chi connectivity index (χ1n) is 8.85. The summed E-state index contributed by atoms with van der Waals surface area (Å²) >= 11 is 0. The Hall–Kier alpha value is -4.07. The molecule has 0 radical (unpaired) electrons. The van der Waals surface area contributed by atoms with Crippen molar-refractivity contribution in [2.24, 2.45) is 0 Å². The maximum absolute atomic E-state index is 13.2. The second-order valence-corrected chi connectivity index (χ2v) is 6.51. The number of furan rings is 1. The molecule has 0 saturated heterocycles. The first-order chi connectivity index (χ1) is 14.1. The van der Waals surface area contributed by atoms with Crippen molar-refractivity contribution in [2.75, 3.05) is 17.0 Å². The lowest BCUT2D eigenvalue weighted by Gasteiger charge is -2.17. The molecular formula is C21H14N2O6. The molecule has 5 rings (SSSR count). The van der Waals surface area contributed by atoms with Crippen molar-refractivity contribution in [1.82, 2.24) is 0 Å². The molecule has 3 amide bonds. The highest BCUT2D eigenvalue weighted by molar-refractivity contribution is 6.31. The van der Waals surface area contributed by atoms with Crippen LogP contribution < -0.4 is 19.7 Å². The van der Waals surface area contributed by atoms with E-state index in [2.05, 4.69) is 5.32 Å². The van der Waals surface area contributed by atoms with Gasteiger partial charge < -0.3 is 19.2 Å². The van der Waals surface area contributed by atoms with Crippen LogP contribution >= 0.6 is 0 Å². The maximum Gasteiger partial charge on any atom is 0.333 e. The van der Waals surface area contributed by atoms with E-state index in [0.717, 1.165) is 4.90 Å². The van der Waals surface area contributed by atoms with Gasteiger partial charge in [-0.25, -0.2) is 9.69 Å². The third kappa shape index (κ3) is 2.73. The van der Waals surface area contributed by atoms with Crippen LogP contribution in [-0.2, 0) is 4.79 Å². The van der Waals surface area contributed by atoms with Crippen molar-refractivity contribution in [2.45, 2.75) is 5.92 Å². The molecule has 1 atom stereocenters. The molecule has 3 heterocycles. The molecule has 29 heavy (non-hydrogen) atoms.